The summed E-state index contributed by atoms with van der Waals surface area (Å²) < 4.78 is 24.0. The van der Waals surface area contributed by atoms with Gasteiger partial charge in [0.2, 0.25) is 0 Å². The van der Waals surface area contributed by atoms with Crippen molar-refractivity contribution < 1.29 is 17.0 Å². The predicted octanol–water partition coefficient (Wildman–Crippen LogP) is 4.86. The van der Waals surface area contributed by atoms with Gasteiger partial charge in [-0.05, 0) is 36.3 Å². The van der Waals surface area contributed by atoms with E-state index >= 15 is 0 Å². The molecule has 0 saturated carbocycles. The number of nitrogens with zero attached hydrogens (tertiary/aromatic N) is 2. The lowest BCUT2D eigenvalue weighted by Crippen LogP contribution is -2.31. The Morgan fingerprint density at radius 3 is 2.70 bits per heavy atom. The van der Waals surface area contributed by atoms with Gasteiger partial charge in [-0.1, -0.05) is 19.9 Å². The van der Waals surface area contributed by atoms with Crippen LogP contribution in [0.25, 0.3) is 17.3 Å². The summed E-state index contributed by atoms with van der Waals surface area (Å²) in [5, 5.41) is 0. The van der Waals surface area contributed by atoms with Crippen molar-refractivity contribution in [2.75, 3.05) is 0 Å². The van der Waals surface area contributed by atoms with Crippen LogP contribution in [0, 0.1) is 5.82 Å². The highest BCUT2D eigenvalue weighted by Crippen LogP contribution is 2.29. The maximum atomic E-state index is 13.3. The number of ether oxygens (including phenoxy) is 1. The third kappa shape index (κ3) is 4.90. The van der Waals surface area contributed by atoms with Gasteiger partial charge in [0.15, 0.2) is 0 Å². The number of hydrogen-bond acceptors (Lipinski definition) is 5. The second kappa shape index (κ2) is 8.88. The van der Waals surface area contributed by atoms with Crippen LogP contribution >= 0.6 is 23.0 Å². The topological polar surface area (TPSA) is 61.3 Å². The van der Waals surface area contributed by atoms with E-state index in [0.717, 1.165) is 16.8 Å². The summed E-state index contributed by atoms with van der Waals surface area (Å²) in [6.45, 7) is 4.10. The predicted molar refractivity (Wildman–Crippen MR) is 109 cm³/mol. The fourth-order valence-electron chi connectivity index (χ4n) is 3.05. The van der Waals surface area contributed by atoms with Gasteiger partial charge >= 0.3 is 5.97 Å². The van der Waals surface area contributed by atoms with Gasteiger partial charge in [0.25, 0.3) is 0 Å². The minimum atomic E-state index is -0.368. The van der Waals surface area contributed by atoms with Crippen LogP contribution in [0.15, 0.2) is 36.7 Å². The van der Waals surface area contributed by atoms with Gasteiger partial charge in [-0.3, -0.25) is 4.79 Å². The van der Waals surface area contributed by atoms with Crippen molar-refractivity contribution in [2.45, 2.75) is 44.8 Å². The van der Waals surface area contributed by atoms with Gasteiger partial charge in [-0.15, -0.1) is 0 Å². The first-order valence-electron chi connectivity index (χ1n) is 8.73. The van der Waals surface area contributed by atoms with Crippen LogP contribution in [0.1, 0.15) is 43.9 Å². The van der Waals surface area contributed by atoms with Crippen molar-refractivity contribution >= 4 is 35.1 Å². The van der Waals surface area contributed by atoms with Crippen molar-refractivity contribution in [1.82, 2.24) is 9.97 Å². The molecule has 2 aromatic rings. The number of rotatable bonds is 5. The van der Waals surface area contributed by atoms with E-state index in [1.54, 1.807) is 12.1 Å². The second-order valence-electron chi connectivity index (χ2n) is 6.72. The van der Waals surface area contributed by atoms with Gasteiger partial charge in [0.05, 0.1) is 23.9 Å². The zero-order valence-electron chi connectivity index (χ0n) is 15.1. The van der Waals surface area contributed by atoms with Crippen LogP contribution in [0.2, 0.25) is 0 Å². The van der Waals surface area contributed by atoms with E-state index in [1.165, 1.54) is 18.5 Å². The summed E-state index contributed by atoms with van der Waals surface area (Å²) in [6.07, 6.45) is 5.59. The first-order chi connectivity index (χ1) is 13.0. The molecule has 0 aliphatic carbocycles. The van der Waals surface area contributed by atoms with Crippen molar-refractivity contribution in [3.8, 4) is 11.3 Å². The summed E-state index contributed by atoms with van der Waals surface area (Å²) >= 11 is 1.81. The first-order valence-corrected chi connectivity index (χ1v) is 9.62. The maximum Gasteiger partial charge on any atom is 0.309 e. The molecule has 142 valence electrons. The number of carbonyl (C=O) groups excluding carboxylic acids is 1. The fourth-order valence-corrected chi connectivity index (χ4v) is 3.44. The quantitative estimate of drug-likeness (QED) is 0.450. The fraction of sp³-hybridized carbons (Fsp3) is 0.350. The zero-order chi connectivity index (χ0) is 19.4. The van der Waals surface area contributed by atoms with Gasteiger partial charge in [-0.2, -0.15) is 0 Å². The SMILES string of the molecule is CC(C)c1ncnc(-c2ccc(F)cc2)c1/C=C/[C@@H]1C[C@@H](OI)CC(=O)O1. The summed E-state index contributed by atoms with van der Waals surface area (Å²) in [5.41, 5.74) is 3.24. The number of cyclic esters (lactones) is 1. The number of esters is 1. The van der Waals surface area contributed by atoms with E-state index < -0.39 is 0 Å². The van der Waals surface area contributed by atoms with Crippen molar-refractivity contribution in [3.63, 3.8) is 0 Å². The minimum absolute atomic E-state index is 0.158. The molecule has 27 heavy (non-hydrogen) atoms. The Balaban J connectivity index is 1.97. The Kier molecular flexibility index (Phi) is 6.54. The summed E-state index contributed by atoms with van der Waals surface area (Å²) in [5.74, 6) is -0.399. The molecule has 1 fully saturated rings. The molecule has 5 nitrogen and oxygen atoms in total. The van der Waals surface area contributed by atoms with Crippen molar-refractivity contribution in [3.05, 3.63) is 53.7 Å². The average Bonchev–Trinajstić information content (AvgIpc) is 2.66. The molecule has 0 unspecified atom stereocenters. The molecule has 0 radical (unpaired) electrons. The standard InChI is InChI=1S/C20H20FIN2O3/c1-12(2)19-17(8-7-15-9-16(27-22)10-18(25)26-15)20(24-11-23-19)13-3-5-14(21)6-4-13/h3-8,11-12,15-16H,9-10H2,1-2H3/b8-7+/t15-,16-/m1/s1. The lowest BCUT2D eigenvalue weighted by molar-refractivity contribution is -0.154. The molecule has 0 bridgehead atoms. The van der Waals surface area contributed by atoms with Crippen LogP contribution < -0.4 is 0 Å². The molecule has 1 aromatic heterocycles. The molecule has 1 aliphatic heterocycles. The van der Waals surface area contributed by atoms with E-state index in [4.69, 9.17) is 7.80 Å². The molecular formula is C20H20FIN2O3. The van der Waals surface area contributed by atoms with Crippen LogP contribution in [0.3, 0.4) is 0 Å². The third-order valence-corrected chi connectivity index (χ3v) is 5.07. The highest BCUT2D eigenvalue weighted by molar-refractivity contribution is 14.1. The summed E-state index contributed by atoms with van der Waals surface area (Å²) in [6, 6.07) is 6.20. The third-order valence-electron chi connectivity index (χ3n) is 4.36. The van der Waals surface area contributed by atoms with Gasteiger partial charge < -0.3 is 7.80 Å². The monoisotopic (exact) mass is 482 g/mol. The lowest BCUT2D eigenvalue weighted by atomic mass is 9.97. The Hall–Kier alpha value is -1.87. The Morgan fingerprint density at radius 2 is 2.04 bits per heavy atom. The molecule has 1 aromatic carbocycles. The van der Waals surface area contributed by atoms with Crippen molar-refractivity contribution in [2.24, 2.45) is 0 Å². The number of benzene rings is 1. The van der Waals surface area contributed by atoms with E-state index in [2.05, 4.69) is 23.8 Å². The average molecular weight is 482 g/mol. The van der Waals surface area contributed by atoms with E-state index in [-0.39, 0.29) is 36.3 Å². The van der Waals surface area contributed by atoms with E-state index in [1.807, 2.05) is 35.2 Å². The summed E-state index contributed by atoms with van der Waals surface area (Å²) in [7, 11) is 0. The highest BCUT2D eigenvalue weighted by atomic mass is 127. The molecule has 1 aliphatic rings. The van der Waals surface area contributed by atoms with Crippen LogP contribution in [-0.2, 0) is 12.6 Å². The summed E-state index contributed by atoms with van der Waals surface area (Å²) in [4.78, 5) is 20.6. The second-order valence-corrected chi connectivity index (χ2v) is 7.23. The Bertz CT molecular complexity index is 840. The Morgan fingerprint density at radius 1 is 1.30 bits per heavy atom. The minimum Gasteiger partial charge on any atom is -0.458 e. The first kappa shape index (κ1) is 19.9. The number of hydrogen-bond donors (Lipinski definition) is 0. The lowest BCUT2D eigenvalue weighted by Gasteiger charge is -2.25. The highest BCUT2D eigenvalue weighted by Gasteiger charge is 2.27. The van der Waals surface area contributed by atoms with Gasteiger partial charge in [-0.25, -0.2) is 14.4 Å². The van der Waals surface area contributed by atoms with Gasteiger partial charge in [0, 0.05) is 17.5 Å². The van der Waals surface area contributed by atoms with E-state index in [0.29, 0.717) is 12.1 Å². The van der Waals surface area contributed by atoms with Crippen LogP contribution in [0.5, 0.6) is 0 Å². The van der Waals surface area contributed by atoms with Crippen LogP contribution in [0.4, 0.5) is 4.39 Å². The van der Waals surface area contributed by atoms with E-state index in [9.17, 15) is 9.18 Å². The van der Waals surface area contributed by atoms with Crippen molar-refractivity contribution in [1.29, 1.82) is 0 Å². The molecule has 3 rings (SSSR count). The largest absolute Gasteiger partial charge is 0.458 e. The number of halogens is 2. The molecular weight excluding hydrogens is 462 g/mol. The molecule has 7 heteroatoms. The smallest absolute Gasteiger partial charge is 0.309 e. The number of carbonyl (C=O) groups is 1. The molecule has 2 atom stereocenters. The molecule has 2 heterocycles. The molecule has 1 saturated heterocycles. The zero-order valence-corrected chi connectivity index (χ0v) is 17.2. The number of aromatic nitrogens is 2. The molecule has 0 N–H and O–H groups in total. The molecule has 0 spiro atoms. The van der Waals surface area contributed by atoms with Crippen LogP contribution in [-0.4, -0.2) is 28.1 Å². The molecule has 0 amide bonds. The van der Waals surface area contributed by atoms with Gasteiger partial charge in [0.1, 0.15) is 41.3 Å². The normalized spacial score (nSPS) is 20.3. The maximum absolute atomic E-state index is 13.3. The Labute approximate surface area is 171 Å².